The third-order valence-electron chi connectivity index (χ3n) is 1.38. The molecular weight excluding hydrogens is 204 g/mol. The molecule has 86 valence electrons. The van der Waals surface area contributed by atoms with Crippen molar-refractivity contribution in [3.8, 4) is 0 Å². The summed E-state index contributed by atoms with van der Waals surface area (Å²) < 4.78 is 30.1. The van der Waals surface area contributed by atoms with E-state index in [1.807, 2.05) is 13.8 Å². The van der Waals surface area contributed by atoms with Crippen LogP contribution in [0.4, 0.5) is 0 Å². The van der Waals surface area contributed by atoms with Gasteiger partial charge in [-0.25, -0.2) is 13.1 Å². The topological polar surface area (TPSA) is 81.4 Å². The Bertz CT molecular complexity index is 227. The molecule has 0 aliphatic carbocycles. The van der Waals surface area contributed by atoms with Gasteiger partial charge in [-0.05, 0) is 5.92 Å². The molecule has 0 saturated heterocycles. The summed E-state index contributed by atoms with van der Waals surface area (Å²) in [5, 5.41) is 0. The Morgan fingerprint density at radius 2 is 2.00 bits per heavy atom. The van der Waals surface area contributed by atoms with Gasteiger partial charge in [-0.3, -0.25) is 0 Å². The molecule has 0 spiro atoms. The molecule has 14 heavy (non-hydrogen) atoms. The van der Waals surface area contributed by atoms with Crippen molar-refractivity contribution in [2.24, 2.45) is 11.7 Å². The van der Waals surface area contributed by atoms with Gasteiger partial charge in [-0.2, -0.15) is 0 Å². The Hall–Kier alpha value is -0.170. The summed E-state index contributed by atoms with van der Waals surface area (Å²) in [7, 11) is -3.13. The van der Waals surface area contributed by atoms with Crippen molar-refractivity contribution < 1.29 is 13.2 Å². The molecule has 0 heterocycles. The van der Waals surface area contributed by atoms with Gasteiger partial charge in [0, 0.05) is 13.1 Å². The molecule has 0 aromatic heterocycles. The number of nitrogens with two attached hydrogens (primary N) is 1. The average molecular weight is 224 g/mol. The smallest absolute Gasteiger partial charge is 0.211 e. The summed E-state index contributed by atoms with van der Waals surface area (Å²) in [5.41, 5.74) is 5.20. The monoisotopic (exact) mass is 224 g/mol. The normalized spacial score (nSPS) is 12.3. The second-order valence-corrected chi connectivity index (χ2v) is 5.32. The first kappa shape index (κ1) is 13.8. The molecule has 6 heteroatoms. The first-order valence-electron chi connectivity index (χ1n) is 4.73. The van der Waals surface area contributed by atoms with Crippen LogP contribution < -0.4 is 10.5 Å². The van der Waals surface area contributed by atoms with Gasteiger partial charge < -0.3 is 10.5 Å². The molecular formula is C8H20N2O3S. The number of nitrogens with one attached hydrogen (secondary N) is 1. The zero-order valence-corrected chi connectivity index (χ0v) is 9.64. The van der Waals surface area contributed by atoms with Crippen LogP contribution in [0.25, 0.3) is 0 Å². The molecule has 0 bridgehead atoms. The van der Waals surface area contributed by atoms with Gasteiger partial charge in [0.1, 0.15) is 0 Å². The van der Waals surface area contributed by atoms with Gasteiger partial charge in [-0.1, -0.05) is 13.8 Å². The minimum atomic E-state index is -3.13. The fraction of sp³-hybridized carbons (Fsp3) is 1.00. The SMILES string of the molecule is CC(C)CS(=O)(=O)NCCOCCN. The van der Waals surface area contributed by atoms with Crippen LogP contribution in [0.5, 0.6) is 0 Å². The Morgan fingerprint density at radius 3 is 2.50 bits per heavy atom. The molecule has 0 rings (SSSR count). The highest BCUT2D eigenvalue weighted by molar-refractivity contribution is 7.89. The van der Waals surface area contributed by atoms with Crippen molar-refractivity contribution in [2.45, 2.75) is 13.8 Å². The minimum absolute atomic E-state index is 0.137. The van der Waals surface area contributed by atoms with Gasteiger partial charge in [0.15, 0.2) is 0 Å². The van der Waals surface area contributed by atoms with Gasteiger partial charge in [0.25, 0.3) is 0 Å². The summed E-state index contributed by atoms with van der Waals surface area (Å²) in [6.07, 6.45) is 0. The molecule has 0 aliphatic rings. The van der Waals surface area contributed by atoms with E-state index in [1.54, 1.807) is 0 Å². The molecule has 0 saturated carbocycles. The van der Waals surface area contributed by atoms with E-state index in [2.05, 4.69) is 4.72 Å². The van der Waals surface area contributed by atoms with Crippen molar-refractivity contribution in [2.75, 3.05) is 32.1 Å². The second-order valence-electron chi connectivity index (χ2n) is 3.47. The fourth-order valence-electron chi connectivity index (χ4n) is 0.952. The van der Waals surface area contributed by atoms with Crippen LogP contribution in [0.15, 0.2) is 0 Å². The molecule has 0 amide bonds. The van der Waals surface area contributed by atoms with Crippen LogP contribution in [-0.2, 0) is 14.8 Å². The lowest BCUT2D eigenvalue weighted by Crippen LogP contribution is -2.31. The second kappa shape index (κ2) is 7.17. The lowest BCUT2D eigenvalue weighted by Gasteiger charge is -2.08. The highest BCUT2D eigenvalue weighted by Crippen LogP contribution is 1.96. The standard InChI is InChI=1S/C8H20N2O3S/c1-8(2)7-14(11,12)10-4-6-13-5-3-9/h8,10H,3-7,9H2,1-2H3. The summed E-state index contributed by atoms with van der Waals surface area (Å²) in [6.45, 7) is 5.34. The Morgan fingerprint density at radius 1 is 1.36 bits per heavy atom. The third kappa shape index (κ3) is 8.43. The summed E-state index contributed by atoms with van der Waals surface area (Å²) in [5.74, 6) is 0.293. The van der Waals surface area contributed by atoms with Crippen molar-refractivity contribution >= 4 is 10.0 Å². The van der Waals surface area contributed by atoms with Gasteiger partial charge in [0.05, 0.1) is 19.0 Å². The van der Waals surface area contributed by atoms with E-state index in [9.17, 15) is 8.42 Å². The van der Waals surface area contributed by atoms with E-state index >= 15 is 0 Å². The number of rotatable bonds is 8. The largest absolute Gasteiger partial charge is 0.379 e. The van der Waals surface area contributed by atoms with Crippen LogP contribution in [0, 0.1) is 5.92 Å². The maximum Gasteiger partial charge on any atom is 0.211 e. The van der Waals surface area contributed by atoms with Crippen LogP contribution in [0.3, 0.4) is 0 Å². The maximum atomic E-state index is 11.3. The highest BCUT2D eigenvalue weighted by Gasteiger charge is 2.11. The Balaban J connectivity index is 3.56. The Labute approximate surface area is 86.1 Å². The van der Waals surface area contributed by atoms with Crippen LogP contribution in [-0.4, -0.2) is 40.5 Å². The zero-order valence-electron chi connectivity index (χ0n) is 8.82. The number of hydrogen-bond donors (Lipinski definition) is 2. The van der Waals surface area contributed by atoms with Gasteiger partial charge >= 0.3 is 0 Å². The molecule has 5 nitrogen and oxygen atoms in total. The van der Waals surface area contributed by atoms with E-state index < -0.39 is 10.0 Å². The van der Waals surface area contributed by atoms with Crippen LogP contribution in [0.2, 0.25) is 0 Å². The fourth-order valence-corrected chi connectivity index (χ4v) is 2.34. The minimum Gasteiger partial charge on any atom is -0.379 e. The molecule has 3 N–H and O–H groups in total. The molecule has 0 aromatic rings. The van der Waals surface area contributed by atoms with E-state index in [4.69, 9.17) is 10.5 Å². The van der Waals surface area contributed by atoms with Crippen molar-refractivity contribution in [1.82, 2.24) is 4.72 Å². The first-order valence-corrected chi connectivity index (χ1v) is 6.38. The average Bonchev–Trinajstić information content (AvgIpc) is 2.01. The van der Waals surface area contributed by atoms with Crippen molar-refractivity contribution in [3.05, 3.63) is 0 Å². The lowest BCUT2D eigenvalue weighted by molar-refractivity contribution is 0.147. The van der Waals surface area contributed by atoms with Crippen molar-refractivity contribution in [3.63, 3.8) is 0 Å². The highest BCUT2D eigenvalue weighted by atomic mass is 32.2. The van der Waals surface area contributed by atoms with E-state index in [0.29, 0.717) is 26.3 Å². The van der Waals surface area contributed by atoms with E-state index in [1.165, 1.54) is 0 Å². The zero-order chi connectivity index (χ0) is 11.0. The van der Waals surface area contributed by atoms with Crippen LogP contribution in [0.1, 0.15) is 13.8 Å². The first-order chi connectivity index (χ1) is 6.48. The van der Waals surface area contributed by atoms with E-state index in [0.717, 1.165) is 0 Å². The molecule has 0 unspecified atom stereocenters. The summed E-state index contributed by atoms with van der Waals surface area (Å²) >= 11 is 0. The summed E-state index contributed by atoms with van der Waals surface area (Å²) in [4.78, 5) is 0. The van der Waals surface area contributed by atoms with Gasteiger partial charge in [-0.15, -0.1) is 0 Å². The number of ether oxygens (including phenoxy) is 1. The maximum absolute atomic E-state index is 11.3. The molecule has 0 aliphatic heterocycles. The Kier molecular flexibility index (Phi) is 7.08. The summed E-state index contributed by atoms with van der Waals surface area (Å²) in [6, 6.07) is 0. The quantitative estimate of drug-likeness (QED) is 0.547. The molecule has 0 fully saturated rings. The van der Waals surface area contributed by atoms with Gasteiger partial charge in [0.2, 0.25) is 10.0 Å². The molecule has 0 radical (unpaired) electrons. The number of sulfonamides is 1. The number of hydrogen-bond acceptors (Lipinski definition) is 4. The van der Waals surface area contributed by atoms with Crippen molar-refractivity contribution in [1.29, 1.82) is 0 Å². The van der Waals surface area contributed by atoms with Crippen LogP contribution >= 0.6 is 0 Å². The lowest BCUT2D eigenvalue weighted by atomic mass is 10.3. The predicted octanol–water partition coefficient (Wildman–Crippen LogP) is -0.463. The third-order valence-corrected chi connectivity index (χ3v) is 3.13. The van der Waals surface area contributed by atoms with E-state index in [-0.39, 0.29) is 11.7 Å². The molecule has 0 aromatic carbocycles. The predicted molar refractivity (Wildman–Crippen MR) is 56.5 cm³/mol. The molecule has 0 atom stereocenters.